The Morgan fingerprint density at radius 3 is 2.69 bits per heavy atom. The lowest BCUT2D eigenvalue weighted by atomic mass is 10.1. The first-order valence-electron chi connectivity index (χ1n) is 8.66. The van der Waals surface area contributed by atoms with E-state index in [2.05, 4.69) is 10.2 Å². The third kappa shape index (κ3) is 4.47. The quantitative estimate of drug-likeness (QED) is 0.844. The predicted octanol–water partition coefficient (Wildman–Crippen LogP) is 4.33. The number of nitrogens with zero attached hydrogens (tertiary/aromatic N) is 1. The van der Waals surface area contributed by atoms with Crippen LogP contribution in [0.4, 0.5) is 10.1 Å². The second-order valence-electron chi connectivity index (χ2n) is 6.56. The van der Waals surface area contributed by atoms with E-state index in [1.165, 1.54) is 13.0 Å². The highest BCUT2D eigenvalue weighted by atomic mass is 35.5. The summed E-state index contributed by atoms with van der Waals surface area (Å²) in [6.07, 6.45) is 0.955. The minimum Gasteiger partial charge on any atom is -0.489 e. The molecule has 2 atom stereocenters. The van der Waals surface area contributed by atoms with Gasteiger partial charge in [0.05, 0.1) is 17.6 Å². The summed E-state index contributed by atoms with van der Waals surface area (Å²) in [5.74, 6) is 0.341. The molecule has 1 aliphatic rings. The van der Waals surface area contributed by atoms with E-state index in [1.807, 2.05) is 31.2 Å². The van der Waals surface area contributed by atoms with Crippen molar-refractivity contribution in [3.05, 3.63) is 58.9 Å². The summed E-state index contributed by atoms with van der Waals surface area (Å²) in [6.45, 7) is 5.02. The zero-order valence-electron chi connectivity index (χ0n) is 14.8. The van der Waals surface area contributed by atoms with Crippen molar-refractivity contribution in [3.63, 3.8) is 0 Å². The number of benzene rings is 2. The lowest BCUT2D eigenvalue weighted by Crippen LogP contribution is -2.24. The van der Waals surface area contributed by atoms with E-state index in [0.29, 0.717) is 0 Å². The fourth-order valence-corrected chi connectivity index (χ4v) is 3.33. The largest absolute Gasteiger partial charge is 0.489 e. The van der Waals surface area contributed by atoms with Crippen molar-refractivity contribution in [2.45, 2.75) is 32.4 Å². The zero-order valence-corrected chi connectivity index (χ0v) is 15.6. The Hall–Kier alpha value is -2.27. The number of anilines is 1. The number of carbonyl (C=O) groups is 1. The number of halogens is 2. The van der Waals surface area contributed by atoms with Crippen molar-refractivity contribution in [3.8, 4) is 5.75 Å². The van der Waals surface area contributed by atoms with Crippen molar-refractivity contribution in [1.29, 1.82) is 0 Å². The van der Waals surface area contributed by atoms with Crippen LogP contribution in [0.25, 0.3) is 0 Å². The van der Waals surface area contributed by atoms with Crippen LogP contribution in [0.1, 0.15) is 31.9 Å². The van der Waals surface area contributed by atoms with E-state index in [1.54, 1.807) is 12.1 Å². The summed E-state index contributed by atoms with van der Waals surface area (Å²) in [4.78, 5) is 13.3. The molecule has 6 heteroatoms. The topological polar surface area (TPSA) is 41.6 Å². The van der Waals surface area contributed by atoms with Gasteiger partial charge in [-0.2, -0.15) is 0 Å². The molecule has 0 radical (unpaired) electrons. The molecular formula is C20H22ClFN2O2. The van der Waals surface area contributed by atoms with Crippen molar-refractivity contribution >= 4 is 23.2 Å². The maximum Gasteiger partial charge on any atom is 0.217 e. The van der Waals surface area contributed by atoms with Crippen LogP contribution < -0.4 is 15.0 Å². The monoisotopic (exact) mass is 376 g/mol. The molecular weight excluding hydrogens is 355 g/mol. The van der Waals surface area contributed by atoms with Crippen LogP contribution in [-0.4, -0.2) is 25.1 Å². The molecule has 26 heavy (non-hydrogen) atoms. The minimum atomic E-state index is -0.406. The maximum atomic E-state index is 13.3. The van der Waals surface area contributed by atoms with E-state index in [0.717, 1.165) is 36.5 Å². The van der Waals surface area contributed by atoms with Gasteiger partial charge in [0.1, 0.15) is 17.7 Å². The molecule has 1 heterocycles. The molecule has 0 spiro atoms. The number of ether oxygens (including phenoxy) is 1. The van der Waals surface area contributed by atoms with Crippen LogP contribution >= 0.6 is 11.6 Å². The van der Waals surface area contributed by atoms with Gasteiger partial charge in [0, 0.05) is 25.6 Å². The summed E-state index contributed by atoms with van der Waals surface area (Å²) in [5, 5.41) is 3.00. The number of carbonyl (C=O) groups excluding carboxylic acids is 1. The number of nitrogens with one attached hydrogen (secondary N) is 1. The Morgan fingerprint density at radius 1 is 1.31 bits per heavy atom. The highest BCUT2D eigenvalue weighted by molar-refractivity contribution is 6.31. The molecule has 1 saturated heterocycles. The first-order valence-corrected chi connectivity index (χ1v) is 9.04. The summed E-state index contributed by atoms with van der Waals surface area (Å²) < 4.78 is 19.4. The van der Waals surface area contributed by atoms with Gasteiger partial charge < -0.3 is 15.0 Å². The van der Waals surface area contributed by atoms with Gasteiger partial charge >= 0.3 is 0 Å². The Balaban J connectivity index is 1.58. The third-order valence-electron chi connectivity index (χ3n) is 4.52. The maximum absolute atomic E-state index is 13.3. The predicted molar refractivity (Wildman–Crippen MR) is 101 cm³/mol. The van der Waals surface area contributed by atoms with Gasteiger partial charge in [-0.15, -0.1) is 0 Å². The Morgan fingerprint density at radius 2 is 2.04 bits per heavy atom. The van der Waals surface area contributed by atoms with Gasteiger partial charge in [0.2, 0.25) is 5.91 Å². The van der Waals surface area contributed by atoms with Crippen molar-refractivity contribution in [2.24, 2.45) is 0 Å². The van der Waals surface area contributed by atoms with Crippen LogP contribution in [-0.2, 0) is 4.79 Å². The van der Waals surface area contributed by atoms with E-state index in [9.17, 15) is 9.18 Å². The molecule has 138 valence electrons. The van der Waals surface area contributed by atoms with Crippen LogP contribution in [0, 0.1) is 5.82 Å². The molecule has 4 nitrogen and oxygen atoms in total. The first-order chi connectivity index (χ1) is 12.4. The van der Waals surface area contributed by atoms with Gasteiger partial charge in [-0.05, 0) is 42.8 Å². The summed E-state index contributed by atoms with van der Waals surface area (Å²) in [6, 6.07) is 12.5. The second-order valence-corrected chi connectivity index (χ2v) is 6.97. The van der Waals surface area contributed by atoms with Crippen LogP contribution in [0.3, 0.4) is 0 Å². The molecule has 1 amide bonds. The minimum absolute atomic E-state index is 0.0354. The van der Waals surface area contributed by atoms with Crippen molar-refractivity contribution in [1.82, 2.24) is 5.32 Å². The fourth-order valence-electron chi connectivity index (χ4n) is 3.16. The van der Waals surface area contributed by atoms with Crippen LogP contribution in [0.5, 0.6) is 5.75 Å². The number of rotatable bonds is 5. The molecule has 2 aromatic carbocycles. The van der Waals surface area contributed by atoms with E-state index in [4.69, 9.17) is 16.3 Å². The molecule has 3 rings (SSSR count). The van der Waals surface area contributed by atoms with Crippen LogP contribution in [0.2, 0.25) is 5.02 Å². The standard InChI is InChI=1S/C20H22ClFN2O2/c1-13(23-14(2)25)15-3-6-17(7-4-15)26-18-9-10-24(12-18)16-5-8-20(22)19(21)11-16/h3-8,11,13,18H,9-10,12H2,1-2H3,(H,23,25)/t13-,18+/m0/s1. The van der Waals surface area contributed by atoms with Gasteiger partial charge in [-0.3, -0.25) is 4.79 Å². The number of hydrogen-bond donors (Lipinski definition) is 1. The lowest BCUT2D eigenvalue weighted by molar-refractivity contribution is -0.119. The van der Waals surface area contributed by atoms with Crippen LogP contribution in [0.15, 0.2) is 42.5 Å². The Kier molecular flexibility index (Phi) is 5.67. The molecule has 0 unspecified atom stereocenters. The lowest BCUT2D eigenvalue weighted by Gasteiger charge is -2.20. The summed E-state index contributed by atoms with van der Waals surface area (Å²) >= 11 is 5.87. The molecule has 2 aromatic rings. The molecule has 1 N–H and O–H groups in total. The van der Waals surface area contributed by atoms with Gasteiger partial charge in [-0.25, -0.2) is 4.39 Å². The SMILES string of the molecule is CC(=O)N[C@@H](C)c1ccc(O[C@@H]2CCN(c3ccc(F)c(Cl)c3)C2)cc1. The van der Waals surface area contributed by atoms with Gasteiger partial charge in [0.15, 0.2) is 0 Å². The number of hydrogen-bond acceptors (Lipinski definition) is 3. The summed E-state index contributed by atoms with van der Waals surface area (Å²) in [5.41, 5.74) is 1.93. The molecule has 0 bridgehead atoms. The van der Waals surface area contributed by atoms with E-state index < -0.39 is 5.82 Å². The Bertz CT molecular complexity index is 782. The number of amides is 1. The molecule has 0 aromatic heterocycles. The van der Waals surface area contributed by atoms with Gasteiger partial charge in [-0.1, -0.05) is 23.7 Å². The zero-order chi connectivity index (χ0) is 18.7. The molecule has 1 aliphatic heterocycles. The average molecular weight is 377 g/mol. The van der Waals surface area contributed by atoms with Gasteiger partial charge in [0.25, 0.3) is 0 Å². The highest BCUT2D eigenvalue weighted by Crippen LogP contribution is 2.27. The van der Waals surface area contributed by atoms with Crippen molar-refractivity contribution < 1.29 is 13.9 Å². The highest BCUT2D eigenvalue weighted by Gasteiger charge is 2.24. The fraction of sp³-hybridized carbons (Fsp3) is 0.350. The third-order valence-corrected chi connectivity index (χ3v) is 4.81. The van der Waals surface area contributed by atoms with Crippen molar-refractivity contribution in [2.75, 3.05) is 18.0 Å². The van der Waals surface area contributed by atoms with E-state index in [-0.39, 0.29) is 23.1 Å². The Labute approximate surface area is 157 Å². The summed E-state index contributed by atoms with van der Waals surface area (Å²) in [7, 11) is 0. The second kappa shape index (κ2) is 7.96. The average Bonchev–Trinajstić information content (AvgIpc) is 3.06. The molecule has 0 aliphatic carbocycles. The van der Waals surface area contributed by atoms with E-state index >= 15 is 0 Å². The normalized spacial score (nSPS) is 17.8. The molecule has 0 saturated carbocycles. The molecule has 1 fully saturated rings. The first kappa shape index (κ1) is 18.5. The smallest absolute Gasteiger partial charge is 0.217 e.